The van der Waals surface area contributed by atoms with Crippen LogP contribution in [0.4, 0.5) is 0 Å². The van der Waals surface area contributed by atoms with Crippen molar-refractivity contribution in [2.45, 2.75) is 11.4 Å². The van der Waals surface area contributed by atoms with Crippen molar-refractivity contribution >= 4 is 26.3 Å². The quantitative estimate of drug-likeness (QED) is 0.582. The maximum atomic E-state index is 12.2. The van der Waals surface area contributed by atoms with Gasteiger partial charge in [0.2, 0.25) is 15.0 Å². The number of hydrogen-bond donors (Lipinski definition) is 1. The number of fused-ring (bicyclic) bond motifs is 1. The summed E-state index contributed by atoms with van der Waals surface area (Å²) in [5.74, 6) is 0. The molecule has 126 valence electrons. The van der Waals surface area contributed by atoms with Crippen molar-refractivity contribution in [1.29, 1.82) is 0 Å². The first kappa shape index (κ1) is 15.9. The number of benzene rings is 2. The average Bonchev–Trinajstić information content (AvgIpc) is 3.23. The molecule has 0 aliphatic heterocycles. The lowest BCUT2D eigenvalue weighted by Gasteiger charge is -2.07. The van der Waals surface area contributed by atoms with Gasteiger partial charge in [0.1, 0.15) is 11.3 Å². The summed E-state index contributed by atoms with van der Waals surface area (Å²) in [6, 6.07) is 15.9. The van der Waals surface area contributed by atoms with Gasteiger partial charge in [-0.1, -0.05) is 53.8 Å². The zero-order valence-corrected chi connectivity index (χ0v) is 14.5. The van der Waals surface area contributed by atoms with Crippen LogP contribution in [0.15, 0.2) is 65.8 Å². The molecule has 2 heterocycles. The Hall–Kier alpha value is -2.62. The van der Waals surface area contributed by atoms with Gasteiger partial charge in [-0.3, -0.25) is 0 Å². The molecule has 0 amide bonds. The second-order valence-corrected chi connectivity index (χ2v) is 8.02. The first-order chi connectivity index (χ1) is 12.1. The summed E-state index contributed by atoms with van der Waals surface area (Å²) in [4.78, 5) is 0.987. The molecule has 4 aromatic rings. The number of nitrogens with zero attached hydrogens (tertiary/aromatic N) is 4. The molecular formula is C16H13N5O2S2. The molecule has 1 N–H and O–H groups in total. The summed E-state index contributed by atoms with van der Waals surface area (Å²) in [6.45, 7) is 0.225. The number of nitrogens with one attached hydrogen (secondary N) is 1. The van der Waals surface area contributed by atoms with Crippen LogP contribution in [-0.2, 0) is 16.6 Å². The molecule has 0 unspecified atom stereocenters. The van der Waals surface area contributed by atoms with Crippen molar-refractivity contribution in [2.24, 2.45) is 0 Å². The van der Waals surface area contributed by atoms with E-state index in [9.17, 15) is 8.42 Å². The van der Waals surface area contributed by atoms with Crippen LogP contribution in [0.3, 0.4) is 0 Å². The van der Waals surface area contributed by atoms with E-state index in [0.717, 1.165) is 21.1 Å². The second-order valence-electron chi connectivity index (χ2n) is 5.30. The third-order valence-corrected chi connectivity index (χ3v) is 5.99. The number of hydrogen-bond acceptors (Lipinski definition) is 6. The molecule has 9 heteroatoms. The lowest BCUT2D eigenvalue weighted by molar-refractivity contribution is 0.581. The first-order valence-corrected chi connectivity index (χ1v) is 9.73. The minimum Gasteiger partial charge on any atom is -0.207 e. The molecule has 0 saturated heterocycles. The molecule has 0 saturated carbocycles. The van der Waals surface area contributed by atoms with E-state index in [2.05, 4.69) is 20.0 Å². The maximum Gasteiger partial charge on any atom is 0.240 e. The van der Waals surface area contributed by atoms with Crippen molar-refractivity contribution in [3.05, 3.63) is 66.5 Å². The van der Waals surface area contributed by atoms with E-state index in [1.807, 2.05) is 24.3 Å². The Morgan fingerprint density at radius 1 is 1.04 bits per heavy atom. The van der Waals surface area contributed by atoms with Gasteiger partial charge in [0.25, 0.3) is 0 Å². The Morgan fingerprint density at radius 2 is 1.80 bits per heavy atom. The van der Waals surface area contributed by atoms with Crippen LogP contribution in [-0.4, -0.2) is 28.2 Å². The van der Waals surface area contributed by atoms with Crippen molar-refractivity contribution in [3.8, 4) is 10.6 Å². The van der Waals surface area contributed by atoms with E-state index in [-0.39, 0.29) is 11.4 Å². The zero-order chi connectivity index (χ0) is 17.3. The molecule has 0 spiro atoms. The molecule has 0 fully saturated rings. The Labute approximate surface area is 148 Å². The van der Waals surface area contributed by atoms with Gasteiger partial charge in [0.15, 0.2) is 0 Å². The van der Waals surface area contributed by atoms with Gasteiger partial charge in [-0.2, -0.15) is 9.61 Å². The Balaban J connectivity index is 1.48. The molecule has 0 aliphatic rings. The molecule has 0 bridgehead atoms. The predicted octanol–water partition coefficient (Wildman–Crippen LogP) is 2.33. The van der Waals surface area contributed by atoms with E-state index in [4.69, 9.17) is 0 Å². The highest BCUT2D eigenvalue weighted by Gasteiger charge is 2.13. The highest BCUT2D eigenvalue weighted by molar-refractivity contribution is 7.89. The number of rotatable bonds is 5. The fourth-order valence-corrected chi connectivity index (χ4v) is 4.17. The van der Waals surface area contributed by atoms with Gasteiger partial charge in [0.05, 0.1) is 4.90 Å². The fraction of sp³-hybridized carbons (Fsp3) is 0.0625. The first-order valence-electron chi connectivity index (χ1n) is 7.43. The molecule has 0 radical (unpaired) electrons. The molecule has 25 heavy (non-hydrogen) atoms. The molecule has 0 aliphatic carbocycles. The number of aromatic nitrogens is 4. The summed E-state index contributed by atoms with van der Waals surface area (Å²) < 4.78 is 28.7. The minimum atomic E-state index is -3.51. The van der Waals surface area contributed by atoms with Crippen molar-refractivity contribution in [2.75, 3.05) is 0 Å². The molecule has 4 rings (SSSR count). The Kier molecular flexibility index (Phi) is 4.04. The highest BCUT2D eigenvalue weighted by Crippen LogP contribution is 2.24. The molecule has 2 aromatic carbocycles. The van der Waals surface area contributed by atoms with Gasteiger partial charge < -0.3 is 0 Å². The van der Waals surface area contributed by atoms with Gasteiger partial charge in [0, 0.05) is 12.1 Å². The van der Waals surface area contributed by atoms with E-state index in [0.29, 0.717) is 0 Å². The highest BCUT2D eigenvalue weighted by atomic mass is 32.2. The fourth-order valence-electron chi connectivity index (χ4n) is 2.30. The van der Waals surface area contributed by atoms with E-state index < -0.39 is 10.0 Å². The summed E-state index contributed by atoms with van der Waals surface area (Å²) in [5, 5.41) is 13.0. The van der Waals surface area contributed by atoms with Crippen molar-refractivity contribution in [3.63, 3.8) is 0 Å². The van der Waals surface area contributed by atoms with Crippen LogP contribution in [0.2, 0.25) is 0 Å². The summed E-state index contributed by atoms with van der Waals surface area (Å²) in [7, 11) is -3.51. The summed E-state index contributed by atoms with van der Waals surface area (Å²) in [6.07, 6.45) is 1.56. The van der Waals surface area contributed by atoms with E-state index >= 15 is 0 Å². The molecule has 0 atom stereocenters. The topological polar surface area (TPSA) is 89.2 Å². The van der Waals surface area contributed by atoms with Crippen LogP contribution >= 0.6 is 11.3 Å². The lowest BCUT2D eigenvalue weighted by atomic mass is 10.1. The Bertz CT molecular complexity index is 1070. The van der Waals surface area contributed by atoms with E-state index in [1.54, 1.807) is 41.2 Å². The average molecular weight is 371 g/mol. The van der Waals surface area contributed by atoms with Crippen LogP contribution in [0, 0.1) is 0 Å². The molecule has 7 nitrogen and oxygen atoms in total. The third kappa shape index (κ3) is 3.29. The van der Waals surface area contributed by atoms with Crippen LogP contribution in [0.1, 0.15) is 5.56 Å². The van der Waals surface area contributed by atoms with Gasteiger partial charge in [-0.15, -0.1) is 10.2 Å². The molecular weight excluding hydrogens is 358 g/mol. The Morgan fingerprint density at radius 3 is 2.52 bits per heavy atom. The third-order valence-electron chi connectivity index (χ3n) is 3.61. The van der Waals surface area contributed by atoms with Crippen LogP contribution < -0.4 is 4.72 Å². The largest absolute Gasteiger partial charge is 0.240 e. The monoisotopic (exact) mass is 371 g/mol. The number of sulfonamides is 1. The van der Waals surface area contributed by atoms with Gasteiger partial charge >= 0.3 is 0 Å². The summed E-state index contributed by atoms with van der Waals surface area (Å²) >= 11 is 1.44. The van der Waals surface area contributed by atoms with Crippen molar-refractivity contribution < 1.29 is 8.42 Å². The normalized spacial score (nSPS) is 11.8. The predicted molar refractivity (Wildman–Crippen MR) is 94.6 cm³/mol. The lowest BCUT2D eigenvalue weighted by Crippen LogP contribution is -2.23. The van der Waals surface area contributed by atoms with E-state index in [1.165, 1.54) is 11.3 Å². The zero-order valence-electron chi connectivity index (χ0n) is 12.9. The standard InChI is InChI=1S/C16H13N5O2S2/c22-25(23,14-4-2-1-3-5-14)18-10-12-6-8-13(9-7-12)15-20-21-11-17-19-16(21)24-15/h1-9,11,18H,10H2. The summed E-state index contributed by atoms with van der Waals surface area (Å²) in [5.41, 5.74) is 1.82. The second kappa shape index (κ2) is 6.36. The van der Waals surface area contributed by atoms with Gasteiger partial charge in [-0.05, 0) is 17.7 Å². The van der Waals surface area contributed by atoms with Crippen molar-refractivity contribution in [1.82, 2.24) is 24.5 Å². The minimum absolute atomic E-state index is 0.225. The smallest absolute Gasteiger partial charge is 0.207 e. The van der Waals surface area contributed by atoms with Crippen LogP contribution in [0.25, 0.3) is 15.5 Å². The van der Waals surface area contributed by atoms with Gasteiger partial charge in [-0.25, -0.2) is 13.1 Å². The maximum absolute atomic E-state index is 12.2. The molecule has 2 aromatic heterocycles. The SMILES string of the molecule is O=S(=O)(NCc1ccc(-c2nn3cnnc3s2)cc1)c1ccccc1. The van der Waals surface area contributed by atoms with Crippen LogP contribution in [0.5, 0.6) is 0 Å².